The van der Waals surface area contributed by atoms with E-state index in [1.54, 1.807) is 18.0 Å². The highest BCUT2D eigenvalue weighted by molar-refractivity contribution is 5.98. The fourth-order valence-corrected chi connectivity index (χ4v) is 2.17. The Morgan fingerprint density at radius 2 is 2.35 bits per heavy atom. The molecule has 0 amide bonds. The Morgan fingerprint density at radius 3 is 2.88 bits per heavy atom. The number of aromatic nitrogens is 2. The van der Waals surface area contributed by atoms with E-state index in [4.69, 9.17) is 4.74 Å². The van der Waals surface area contributed by atoms with Crippen LogP contribution in [0.5, 0.6) is 5.75 Å². The van der Waals surface area contributed by atoms with E-state index in [0.717, 1.165) is 13.0 Å². The predicted octanol–water partition coefficient (Wildman–Crippen LogP) is 2.53. The van der Waals surface area contributed by atoms with Gasteiger partial charge in [-0.2, -0.15) is 5.10 Å². The van der Waals surface area contributed by atoms with Crippen molar-refractivity contribution < 1.29 is 9.53 Å². The SMILES string of the molecule is CCCn1ncc(OC)c1C(=O)C(C)C1CC1. The average Bonchev–Trinajstić information content (AvgIpc) is 3.10. The van der Waals surface area contributed by atoms with Gasteiger partial charge in [0.25, 0.3) is 0 Å². The highest BCUT2D eigenvalue weighted by Crippen LogP contribution is 2.39. The molecule has 4 nitrogen and oxygen atoms in total. The molecule has 0 spiro atoms. The molecule has 1 aliphatic rings. The summed E-state index contributed by atoms with van der Waals surface area (Å²) >= 11 is 0. The van der Waals surface area contributed by atoms with Crippen molar-refractivity contribution in [3.8, 4) is 5.75 Å². The zero-order valence-electron chi connectivity index (χ0n) is 10.8. The number of carbonyl (C=O) groups excluding carboxylic acids is 1. The molecule has 4 heteroatoms. The van der Waals surface area contributed by atoms with Crippen LogP contribution >= 0.6 is 0 Å². The summed E-state index contributed by atoms with van der Waals surface area (Å²) in [6.45, 7) is 4.86. The lowest BCUT2D eigenvalue weighted by atomic mass is 9.98. The summed E-state index contributed by atoms with van der Waals surface area (Å²) in [6.07, 6.45) is 4.96. The number of Topliss-reactive ketones (excluding diaryl/α,β-unsaturated/α-hetero) is 1. The monoisotopic (exact) mass is 236 g/mol. The lowest BCUT2D eigenvalue weighted by Crippen LogP contribution is -2.19. The predicted molar refractivity (Wildman–Crippen MR) is 65.3 cm³/mol. The summed E-state index contributed by atoms with van der Waals surface area (Å²) in [5.41, 5.74) is 0.647. The summed E-state index contributed by atoms with van der Waals surface area (Å²) < 4.78 is 7.02. The molecule has 1 aromatic heterocycles. The van der Waals surface area contributed by atoms with Crippen molar-refractivity contribution >= 4 is 5.78 Å². The Bertz CT molecular complexity index is 408. The maximum Gasteiger partial charge on any atom is 0.187 e. The first kappa shape index (κ1) is 12.1. The Labute approximate surface area is 102 Å². The van der Waals surface area contributed by atoms with Crippen LogP contribution in [0.15, 0.2) is 6.20 Å². The molecule has 1 heterocycles. The maximum absolute atomic E-state index is 12.4. The fourth-order valence-electron chi connectivity index (χ4n) is 2.17. The minimum atomic E-state index is 0.0937. The van der Waals surface area contributed by atoms with E-state index in [9.17, 15) is 4.79 Å². The van der Waals surface area contributed by atoms with Crippen molar-refractivity contribution in [3.63, 3.8) is 0 Å². The molecule has 0 N–H and O–H groups in total. The topological polar surface area (TPSA) is 44.1 Å². The van der Waals surface area contributed by atoms with E-state index in [2.05, 4.69) is 12.0 Å². The van der Waals surface area contributed by atoms with Crippen LogP contribution in [0.2, 0.25) is 0 Å². The van der Waals surface area contributed by atoms with Crippen molar-refractivity contribution in [3.05, 3.63) is 11.9 Å². The number of nitrogens with zero attached hydrogens (tertiary/aromatic N) is 2. The number of ketones is 1. The molecule has 0 aliphatic heterocycles. The second kappa shape index (κ2) is 4.90. The van der Waals surface area contributed by atoms with Crippen LogP contribution in [0.25, 0.3) is 0 Å². The van der Waals surface area contributed by atoms with Crippen molar-refractivity contribution in [1.29, 1.82) is 0 Å². The third-order valence-electron chi connectivity index (χ3n) is 3.44. The molecule has 1 aromatic rings. The van der Waals surface area contributed by atoms with Crippen molar-refractivity contribution in [2.45, 2.75) is 39.7 Å². The van der Waals surface area contributed by atoms with Gasteiger partial charge in [-0.25, -0.2) is 0 Å². The molecular formula is C13H20N2O2. The number of hydrogen-bond donors (Lipinski definition) is 0. The number of methoxy groups -OCH3 is 1. The van der Waals surface area contributed by atoms with Crippen LogP contribution in [0.1, 0.15) is 43.6 Å². The van der Waals surface area contributed by atoms with E-state index in [1.807, 2.05) is 6.92 Å². The standard InChI is InChI=1S/C13H20N2O2/c1-4-7-15-12(11(17-3)8-14-15)13(16)9(2)10-5-6-10/h8-10H,4-7H2,1-3H3. The van der Waals surface area contributed by atoms with Crippen LogP contribution in [0, 0.1) is 11.8 Å². The molecule has 0 aromatic carbocycles. The normalized spacial score (nSPS) is 16.9. The lowest BCUT2D eigenvalue weighted by Gasteiger charge is -2.12. The Kier molecular flexibility index (Phi) is 3.50. The quantitative estimate of drug-likeness (QED) is 0.713. The minimum absolute atomic E-state index is 0.0937. The van der Waals surface area contributed by atoms with Gasteiger partial charge in [0.1, 0.15) is 5.69 Å². The van der Waals surface area contributed by atoms with Crippen LogP contribution in [-0.2, 0) is 6.54 Å². The molecule has 1 atom stereocenters. The zero-order chi connectivity index (χ0) is 12.4. The highest BCUT2D eigenvalue weighted by Gasteiger charge is 2.35. The van der Waals surface area contributed by atoms with Gasteiger partial charge in [-0.15, -0.1) is 0 Å². The molecule has 2 rings (SSSR count). The molecule has 1 saturated carbocycles. The lowest BCUT2D eigenvalue weighted by molar-refractivity contribution is 0.0901. The first-order valence-electron chi connectivity index (χ1n) is 6.33. The number of carbonyl (C=O) groups is 1. The van der Waals surface area contributed by atoms with Crippen LogP contribution < -0.4 is 4.74 Å². The van der Waals surface area contributed by atoms with Gasteiger partial charge in [-0.05, 0) is 25.2 Å². The van der Waals surface area contributed by atoms with E-state index in [-0.39, 0.29) is 11.7 Å². The van der Waals surface area contributed by atoms with E-state index < -0.39 is 0 Å². The van der Waals surface area contributed by atoms with Crippen LogP contribution in [-0.4, -0.2) is 22.7 Å². The Balaban J connectivity index is 2.27. The number of ether oxygens (including phenoxy) is 1. The number of rotatable bonds is 6. The molecule has 1 unspecified atom stereocenters. The van der Waals surface area contributed by atoms with Crippen molar-refractivity contribution in [1.82, 2.24) is 9.78 Å². The molecule has 1 fully saturated rings. The fraction of sp³-hybridized carbons (Fsp3) is 0.692. The zero-order valence-corrected chi connectivity index (χ0v) is 10.8. The largest absolute Gasteiger partial charge is 0.493 e. The smallest absolute Gasteiger partial charge is 0.187 e. The number of hydrogen-bond acceptors (Lipinski definition) is 3. The van der Waals surface area contributed by atoms with E-state index in [1.165, 1.54) is 12.8 Å². The molecular weight excluding hydrogens is 216 g/mol. The molecule has 17 heavy (non-hydrogen) atoms. The third kappa shape index (κ3) is 2.35. The number of aryl methyl sites for hydroxylation is 1. The first-order chi connectivity index (χ1) is 8.19. The second-order valence-corrected chi connectivity index (χ2v) is 4.78. The van der Waals surface area contributed by atoms with E-state index >= 15 is 0 Å². The summed E-state index contributed by atoms with van der Waals surface area (Å²) in [5.74, 6) is 1.44. The van der Waals surface area contributed by atoms with Gasteiger partial charge in [-0.1, -0.05) is 13.8 Å². The average molecular weight is 236 g/mol. The van der Waals surface area contributed by atoms with Gasteiger partial charge in [0.05, 0.1) is 13.3 Å². The first-order valence-corrected chi connectivity index (χ1v) is 6.33. The Hall–Kier alpha value is -1.32. The summed E-state index contributed by atoms with van der Waals surface area (Å²) in [5, 5.41) is 4.23. The van der Waals surface area contributed by atoms with Gasteiger partial charge < -0.3 is 4.74 Å². The van der Waals surface area contributed by atoms with Gasteiger partial charge in [-0.3, -0.25) is 9.48 Å². The van der Waals surface area contributed by atoms with Gasteiger partial charge in [0.2, 0.25) is 0 Å². The third-order valence-corrected chi connectivity index (χ3v) is 3.44. The van der Waals surface area contributed by atoms with Crippen molar-refractivity contribution in [2.24, 2.45) is 11.8 Å². The van der Waals surface area contributed by atoms with Gasteiger partial charge >= 0.3 is 0 Å². The molecule has 0 bridgehead atoms. The molecule has 0 radical (unpaired) electrons. The summed E-state index contributed by atoms with van der Waals surface area (Å²) in [4.78, 5) is 12.4. The molecule has 94 valence electrons. The second-order valence-electron chi connectivity index (χ2n) is 4.78. The van der Waals surface area contributed by atoms with E-state index in [0.29, 0.717) is 17.4 Å². The van der Waals surface area contributed by atoms with Gasteiger partial charge in [0, 0.05) is 12.5 Å². The highest BCUT2D eigenvalue weighted by atomic mass is 16.5. The van der Waals surface area contributed by atoms with Crippen molar-refractivity contribution in [2.75, 3.05) is 7.11 Å². The minimum Gasteiger partial charge on any atom is -0.493 e. The van der Waals surface area contributed by atoms with Crippen LogP contribution in [0.3, 0.4) is 0 Å². The van der Waals surface area contributed by atoms with Gasteiger partial charge in [0.15, 0.2) is 11.5 Å². The maximum atomic E-state index is 12.4. The summed E-state index contributed by atoms with van der Waals surface area (Å²) in [7, 11) is 1.59. The Morgan fingerprint density at radius 1 is 1.65 bits per heavy atom. The summed E-state index contributed by atoms with van der Waals surface area (Å²) in [6, 6.07) is 0. The molecule has 1 aliphatic carbocycles. The van der Waals surface area contributed by atoms with Crippen LogP contribution in [0.4, 0.5) is 0 Å². The molecule has 0 saturated heterocycles.